The maximum Gasteiger partial charge on any atom is 0.290 e. The summed E-state index contributed by atoms with van der Waals surface area (Å²) in [7, 11) is 3.18. The monoisotopic (exact) mass is 266 g/mol. The molecule has 1 aromatic rings. The van der Waals surface area contributed by atoms with Crippen molar-refractivity contribution in [3.63, 3.8) is 0 Å². The zero-order valence-electron chi connectivity index (χ0n) is 10.3. The first-order valence-corrected chi connectivity index (χ1v) is 5.87. The molecule has 0 saturated carbocycles. The Morgan fingerprint density at radius 1 is 1.39 bits per heavy atom. The van der Waals surface area contributed by atoms with Gasteiger partial charge in [-0.2, -0.15) is 5.06 Å². The van der Waals surface area contributed by atoms with Crippen molar-refractivity contribution in [1.82, 2.24) is 9.96 Å². The summed E-state index contributed by atoms with van der Waals surface area (Å²) in [6.45, 7) is 0.782. The summed E-state index contributed by atoms with van der Waals surface area (Å²) in [6.07, 6.45) is 0. The Morgan fingerprint density at radius 3 is 2.67 bits per heavy atom. The van der Waals surface area contributed by atoms with Crippen LogP contribution >= 0.6 is 12.2 Å². The fraction of sp³-hybridized carbons (Fsp3) is 0.333. The quantitative estimate of drug-likeness (QED) is 0.769. The van der Waals surface area contributed by atoms with Gasteiger partial charge in [0, 0.05) is 13.6 Å². The number of hydroxylamine groups is 2. The van der Waals surface area contributed by atoms with Crippen molar-refractivity contribution in [2.24, 2.45) is 0 Å². The summed E-state index contributed by atoms with van der Waals surface area (Å²) in [5, 5.41) is 1.47. The fourth-order valence-electron chi connectivity index (χ4n) is 1.62. The second-order valence-corrected chi connectivity index (χ2v) is 4.30. The van der Waals surface area contributed by atoms with E-state index in [4.69, 9.17) is 21.8 Å². The molecule has 1 saturated heterocycles. The number of ether oxygens (including phenoxy) is 1. The number of carbonyl (C=O) groups excluding carboxylic acids is 1. The van der Waals surface area contributed by atoms with E-state index in [1.807, 2.05) is 24.3 Å². The van der Waals surface area contributed by atoms with E-state index in [0.29, 0.717) is 11.7 Å². The molecule has 2 rings (SSSR count). The van der Waals surface area contributed by atoms with Crippen LogP contribution in [0.25, 0.3) is 0 Å². The Hall–Kier alpha value is -1.82. The number of hydrogen-bond acceptors (Lipinski definition) is 4. The molecule has 1 aromatic carbocycles. The molecule has 5 nitrogen and oxygen atoms in total. The van der Waals surface area contributed by atoms with Crippen LogP contribution in [0.4, 0.5) is 0 Å². The molecule has 0 N–H and O–H groups in total. The van der Waals surface area contributed by atoms with Crippen molar-refractivity contribution in [2.45, 2.75) is 6.54 Å². The third-order valence-corrected chi connectivity index (χ3v) is 3.02. The summed E-state index contributed by atoms with van der Waals surface area (Å²) in [5.74, 6) is 0.684. The summed E-state index contributed by atoms with van der Waals surface area (Å²) >= 11 is 5.09. The van der Waals surface area contributed by atoms with Crippen LogP contribution in [0.1, 0.15) is 5.56 Å². The van der Waals surface area contributed by atoms with Crippen molar-refractivity contribution < 1.29 is 14.4 Å². The summed E-state index contributed by atoms with van der Waals surface area (Å²) in [5.41, 5.74) is 1.04. The molecule has 1 aliphatic heterocycles. The first kappa shape index (κ1) is 12.6. The molecule has 0 atom stereocenters. The van der Waals surface area contributed by atoms with Crippen LogP contribution < -0.4 is 4.74 Å². The van der Waals surface area contributed by atoms with Gasteiger partial charge in [-0.15, -0.1) is 0 Å². The number of hydrogen-bond donors (Lipinski definition) is 0. The number of likely N-dealkylation sites (N-methyl/N-ethyl adjacent to an activating group) is 1. The average Bonchev–Trinajstić information content (AvgIpc) is 2.37. The van der Waals surface area contributed by atoms with Gasteiger partial charge in [-0.05, 0) is 29.9 Å². The predicted molar refractivity (Wildman–Crippen MR) is 69.9 cm³/mol. The Bertz CT molecular complexity index is 461. The molecule has 1 aliphatic rings. The van der Waals surface area contributed by atoms with Crippen LogP contribution in [-0.2, 0) is 16.2 Å². The fourth-order valence-corrected chi connectivity index (χ4v) is 1.87. The van der Waals surface area contributed by atoms with Crippen LogP contribution in [0.5, 0.6) is 5.75 Å². The Labute approximate surface area is 111 Å². The van der Waals surface area contributed by atoms with Crippen LogP contribution in [0.2, 0.25) is 0 Å². The minimum atomic E-state index is -0.114. The highest BCUT2D eigenvalue weighted by Crippen LogP contribution is 2.15. The molecule has 0 radical (unpaired) electrons. The van der Waals surface area contributed by atoms with E-state index in [2.05, 4.69) is 0 Å². The van der Waals surface area contributed by atoms with E-state index in [1.165, 1.54) is 0 Å². The lowest BCUT2D eigenvalue weighted by molar-refractivity contribution is -0.164. The van der Waals surface area contributed by atoms with E-state index in [1.54, 1.807) is 19.1 Å². The van der Waals surface area contributed by atoms with Gasteiger partial charge >= 0.3 is 0 Å². The van der Waals surface area contributed by atoms with Crippen LogP contribution in [-0.4, -0.2) is 41.7 Å². The molecule has 1 fully saturated rings. The highest BCUT2D eigenvalue weighted by atomic mass is 32.1. The smallest absolute Gasteiger partial charge is 0.290 e. The van der Waals surface area contributed by atoms with Gasteiger partial charge in [-0.1, -0.05) is 12.1 Å². The van der Waals surface area contributed by atoms with E-state index in [-0.39, 0.29) is 12.5 Å². The van der Waals surface area contributed by atoms with Gasteiger partial charge in [0.15, 0.2) is 0 Å². The molecule has 18 heavy (non-hydrogen) atoms. The van der Waals surface area contributed by atoms with Crippen molar-refractivity contribution in [3.8, 4) is 5.75 Å². The third kappa shape index (κ3) is 2.70. The Balaban J connectivity index is 2.04. The number of carbonyl (C=O) groups is 1. The van der Waals surface area contributed by atoms with E-state index in [0.717, 1.165) is 16.4 Å². The minimum Gasteiger partial charge on any atom is -0.497 e. The number of amides is 1. The van der Waals surface area contributed by atoms with E-state index < -0.39 is 0 Å². The molecule has 0 unspecified atom stereocenters. The van der Waals surface area contributed by atoms with Crippen molar-refractivity contribution >= 4 is 23.3 Å². The molecule has 96 valence electrons. The summed E-state index contributed by atoms with van der Waals surface area (Å²) < 4.78 is 5.09. The van der Waals surface area contributed by atoms with Crippen LogP contribution in [0.3, 0.4) is 0 Å². The first-order valence-electron chi connectivity index (χ1n) is 5.46. The molecule has 0 aliphatic carbocycles. The van der Waals surface area contributed by atoms with Gasteiger partial charge in [0.2, 0.25) is 0 Å². The second-order valence-electron chi connectivity index (χ2n) is 3.95. The SMILES string of the molecule is COc1ccc(CN2CC(=O)N(C)OC2=S)cc1. The normalized spacial score (nSPS) is 15.7. The van der Waals surface area contributed by atoms with Gasteiger partial charge in [0.05, 0.1) is 7.11 Å². The predicted octanol–water partition coefficient (Wildman–Crippen LogP) is 1.19. The zero-order chi connectivity index (χ0) is 13.1. The maximum absolute atomic E-state index is 11.5. The Kier molecular flexibility index (Phi) is 3.66. The molecule has 1 amide bonds. The molecular weight excluding hydrogens is 252 g/mol. The lowest BCUT2D eigenvalue weighted by Gasteiger charge is -2.32. The van der Waals surface area contributed by atoms with Crippen LogP contribution in [0, 0.1) is 0 Å². The molecular formula is C12H14N2O3S. The van der Waals surface area contributed by atoms with Gasteiger partial charge in [0.1, 0.15) is 12.3 Å². The zero-order valence-corrected chi connectivity index (χ0v) is 11.1. The lowest BCUT2D eigenvalue weighted by atomic mass is 10.2. The largest absolute Gasteiger partial charge is 0.497 e. The lowest BCUT2D eigenvalue weighted by Crippen LogP contribution is -2.49. The number of methoxy groups -OCH3 is 1. The minimum absolute atomic E-state index is 0.114. The third-order valence-electron chi connectivity index (χ3n) is 2.68. The second kappa shape index (κ2) is 5.22. The van der Waals surface area contributed by atoms with Crippen molar-refractivity contribution in [3.05, 3.63) is 29.8 Å². The molecule has 0 spiro atoms. The Morgan fingerprint density at radius 2 is 2.06 bits per heavy atom. The van der Waals surface area contributed by atoms with Gasteiger partial charge in [-0.3, -0.25) is 4.79 Å². The number of nitrogens with zero attached hydrogens (tertiary/aromatic N) is 2. The maximum atomic E-state index is 11.5. The first-order chi connectivity index (χ1) is 8.60. The number of rotatable bonds is 3. The van der Waals surface area contributed by atoms with Gasteiger partial charge in [-0.25, -0.2) is 0 Å². The topological polar surface area (TPSA) is 42.0 Å². The van der Waals surface area contributed by atoms with Gasteiger partial charge in [0.25, 0.3) is 11.1 Å². The van der Waals surface area contributed by atoms with Crippen molar-refractivity contribution in [2.75, 3.05) is 20.7 Å². The molecule has 6 heteroatoms. The standard InChI is InChI=1S/C12H14N2O3S/c1-13-11(15)8-14(12(18)17-13)7-9-3-5-10(16-2)6-4-9/h3-6H,7-8H2,1-2H3. The van der Waals surface area contributed by atoms with E-state index >= 15 is 0 Å². The highest BCUT2D eigenvalue weighted by Gasteiger charge is 2.26. The van der Waals surface area contributed by atoms with Gasteiger partial charge < -0.3 is 14.5 Å². The number of thiocarbonyl (C=S) groups is 1. The van der Waals surface area contributed by atoms with Crippen LogP contribution in [0.15, 0.2) is 24.3 Å². The summed E-state index contributed by atoms with van der Waals surface area (Å²) in [6, 6.07) is 7.61. The molecule has 1 heterocycles. The number of benzene rings is 1. The molecule has 0 aromatic heterocycles. The van der Waals surface area contributed by atoms with Crippen molar-refractivity contribution in [1.29, 1.82) is 0 Å². The highest BCUT2D eigenvalue weighted by molar-refractivity contribution is 7.80. The molecule has 0 bridgehead atoms. The average molecular weight is 266 g/mol. The van der Waals surface area contributed by atoms with E-state index in [9.17, 15) is 4.79 Å². The summed E-state index contributed by atoms with van der Waals surface area (Å²) in [4.78, 5) is 18.4.